The Balaban J connectivity index is 1.14. The number of carbonyl (C=O) groups is 1. The number of esters is 1. The lowest BCUT2D eigenvalue weighted by atomic mass is 9.75. The summed E-state index contributed by atoms with van der Waals surface area (Å²) in [5, 5.41) is 28.7. The minimum absolute atomic E-state index is 0.00361. The highest BCUT2D eigenvalue weighted by Gasteiger charge is 2.64. The van der Waals surface area contributed by atoms with E-state index < -0.39 is 12.0 Å². The monoisotopic (exact) mass is 840 g/mol. The number of terminal acetylenes is 1. The van der Waals surface area contributed by atoms with E-state index in [9.17, 15) is 9.90 Å². The van der Waals surface area contributed by atoms with Gasteiger partial charge in [-0.25, -0.2) is 0 Å². The van der Waals surface area contributed by atoms with Crippen molar-refractivity contribution >= 4 is 5.97 Å². The van der Waals surface area contributed by atoms with E-state index in [1.165, 1.54) is 7.11 Å². The van der Waals surface area contributed by atoms with Crippen LogP contribution >= 0.6 is 0 Å². The normalized spacial score (nSPS) is 38.3. The SMILES string of the molecule is C#CC#CC#CC#CC#CC#CC#CC#CC#CC#COCCCC1C(C)C2CC3NC(CC4NC(CC5NC6C(C5C)C(O)C(C(=O)OC)C6C1N2)C(CC)C4C)C(C=C)C3C. The Morgan fingerprint density at radius 3 is 1.73 bits per heavy atom. The molecular weight excluding hydrogens is 781 g/mol. The van der Waals surface area contributed by atoms with Gasteiger partial charge in [-0.05, 0) is 121 Å². The van der Waals surface area contributed by atoms with E-state index >= 15 is 0 Å². The molecule has 0 spiro atoms. The number of hydrogen-bond donors (Lipinski definition) is 5. The minimum atomic E-state index is -0.777. The summed E-state index contributed by atoms with van der Waals surface area (Å²) in [6, 6.07) is 2.02. The van der Waals surface area contributed by atoms with Crippen molar-refractivity contribution in [3.05, 3.63) is 12.7 Å². The number of carbonyl (C=O) groups excluding carboxylic acids is 1. The molecule has 1 saturated carbocycles. The molecule has 8 nitrogen and oxygen atoms in total. The summed E-state index contributed by atoms with van der Waals surface area (Å²) in [5.74, 6) is 47.3. The minimum Gasteiger partial charge on any atom is -0.469 e. The summed E-state index contributed by atoms with van der Waals surface area (Å²) in [6.45, 7) is 16.6. The Hall–Kier alpha value is -5.59. The van der Waals surface area contributed by atoms with Crippen LogP contribution in [0.5, 0.6) is 0 Å². The van der Waals surface area contributed by atoms with Gasteiger partial charge in [-0.15, -0.1) is 13.0 Å². The van der Waals surface area contributed by atoms with Crippen molar-refractivity contribution in [1.29, 1.82) is 0 Å². The molecule has 0 amide bonds. The molecule has 0 aromatic rings. The number of hydrogen-bond acceptors (Lipinski definition) is 8. The lowest BCUT2D eigenvalue weighted by Gasteiger charge is -2.35. The van der Waals surface area contributed by atoms with Gasteiger partial charge in [0, 0.05) is 119 Å². The molecule has 19 atom stereocenters. The zero-order valence-electron chi connectivity index (χ0n) is 37.5. The van der Waals surface area contributed by atoms with E-state index in [0.29, 0.717) is 60.4 Å². The van der Waals surface area contributed by atoms with Gasteiger partial charge in [0.05, 0.1) is 19.1 Å². The van der Waals surface area contributed by atoms with Crippen molar-refractivity contribution in [3.8, 4) is 119 Å². The van der Waals surface area contributed by atoms with E-state index in [4.69, 9.17) is 15.9 Å². The lowest BCUT2D eigenvalue weighted by molar-refractivity contribution is -0.151. The third-order valence-electron chi connectivity index (χ3n) is 15.4. The highest BCUT2D eigenvalue weighted by Crippen LogP contribution is 2.53. The summed E-state index contributed by atoms with van der Waals surface area (Å²) < 4.78 is 11.2. The molecule has 5 heterocycles. The summed E-state index contributed by atoms with van der Waals surface area (Å²) in [4.78, 5) is 13.7. The molecule has 6 fully saturated rings. The van der Waals surface area contributed by atoms with Crippen LogP contribution in [0, 0.1) is 178 Å². The Labute approximate surface area is 377 Å². The predicted octanol–water partition coefficient (Wildman–Crippen LogP) is 3.34. The molecule has 6 rings (SSSR count). The number of aliphatic hydroxyl groups excluding tert-OH is 1. The molecule has 19 unspecified atom stereocenters. The standard InChI is InChI=1S/C55H60N4O4/c1-9-12-13-14-15-16-17-18-19-20-21-22-23-24-25-26-27-28-31-63-32-29-30-42-38(6)45-33-43-36(4)40(10-2)47(56-43)34-44-37(5)41(11-3)48(57-44)35-46-39(7)49-53(59-46)50(52(42)58-45)51(54(49)60)55(61)62-8/h1,10,36-54,56-60H,2,11,29-30,32-35H2,3-8H3. The van der Waals surface area contributed by atoms with Gasteiger partial charge in [0.15, 0.2) is 0 Å². The number of aliphatic hydroxyl groups is 1. The van der Waals surface area contributed by atoms with Gasteiger partial charge >= 0.3 is 5.97 Å². The maximum atomic E-state index is 13.7. The third-order valence-corrected chi connectivity index (χ3v) is 15.4. The highest BCUT2D eigenvalue weighted by molar-refractivity contribution is 5.74. The second-order valence-electron chi connectivity index (χ2n) is 18.1. The van der Waals surface area contributed by atoms with Crippen LogP contribution in [-0.4, -0.2) is 79.2 Å². The average Bonchev–Trinajstić information content (AvgIpc) is 4.02. The number of rotatable bonds is 7. The van der Waals surface area contributed by atoms with Gasteiger partial charge in [0.2, 0.25) is 0 Å². The van der Waals surface area contributed by atoms with Crippen molar-refractivity contribution in [2.75, 3.05) is 13.7 Å². The summed E-state index contributed by atoms with van der Waals surface area (Å²) in [5.41, 5.74) is 0. The molecule has 1 aliphatic carbocycles. The van der Waals surface area contributed by atoms with E-state index in [1.807, 2.05) is 0 Å². The molecule has 6 aliphatic rings. The van der Waals surface area contributed by atoms with Crippen molar-refractivity contribution in [3.63, 3.8) is 0 Å². The molecule has 5 aliphatic heterocycles. The molecule has 5 saturated heterocycles. The Morgan fingerprint density at radius 1 is 0.651 bits per heavy atom. The number of ether oxygens (including phenoxy) is 2. The predicted molar refractivity (Wildman–Crippen MR) is 247 cm³/mol. The summed E-state index contributed by atoms with van der Waals surface area (Å²) >= 11 is 0. The van der Waals surface area contributed by atoms with Crippen molar-refractivity contribution < 1.29 is 19.4 Å². The molecule has 8 heteroatoms. The second kappa shape index (κ2) is 22.7. The Kier molecular flexibility index (Phi) is 16.9. The van der Waals surface area contributed by atoms with Gasteiger partial charge in [0.25, 0.3) is 0 Å². The van der Waals surface area contributed by atoms with Crippen LogP contribution in [0.3, 0.4) is 0 Å². The number of nitrogens with one attached hydrogen (secondary N) is 4. The van der Waals surface area contributed by atoms with Gasteiger partial charge in [-0.2, -0.15) is 0 Å². The van der Waals surface area contributed by atoms with Crippen LogP contribution < -0.4 is 21.3 Å². The fourth-order valence-corrected chi connectivity index (χ4v) is 12.4. The number of fused-ring (bicyclic) bond motifs is 8. The van der Waals surface area contributed by atoms with E-state index in [2.05, 4.69) is 181 Å². The van der Waals surface area contributed by atoms with Crippen molar-refractivity contribution in [2.45, 2.75) is 128 Å². The molecule has 0 radical (unpaired) electrons. The van der Waals surface area contributed by atoms with Gasteiger partial charge in [0.1, 0.15) is 12.7 Å². The smallest absolute Gasteiger partial charge is 0.311 e. The topological polar surface area (TPSA) is 104 Å². The quantitative estimate of drug-likeness (QED) is 0.115. The van der Waals surface area contributed by atoms with Crippen LogP contribution in [0.4, 0.5) is 0 Å². The van der Waals surface area contributed by atoms with Gasteiger partial charge in [-0.3, -0.25) is 4.79 Å². The number of methoxy groups -OCH3 is 1. The first-order valence-corrected chi connectivity index (χ1v) is 22.6. The summed E-state index contributed by atoms with van der Waals surface area (Å²) in [7, 11) is 1.45. The van der Waals surface area contributed by atoms with Crippen LogP contribution in [0.25, 0.3) is 0 Å². The zero-order valence-corrected chi connectivity index (χ0v) is 37.5. The maximum Gasteiger partial charge on any atom is 0.311 e. The largest absolute Gasteiger partial charge is 0.469 e. The van der Waals surface area contributed by atoms with Crippen LogP contribution in [0.2, 0.25) is 0 Å². The fourth-order valence-electron chi connectivity index (χ4n) is 12.4. The molecule has 5 N–H and O–H groups in total. The van der Waals surface area contributed by atoms with Crippen molar-refractivity contribution in [1.82, 2.24) is 21.3 Å². The first-order valence-electron chi connectivity index (χ1n) is 22.6. The van der Waals surface area contributed by atoms with Crippen LogP contribution in [0.1, 0.15) is 73.1 Å². The molecule has 8 bridgehead atoms. The fraction of sp³-hybridized carbons (Fsp3) is 0.582. The molecule has 324 valence electrons. The van der Waals surface area contributed by atoms with E-state index in [1.54, 1.807) is 0 Å². The molecule has 0 aromatic heterocycles. The first-order chi connectivity index (χ1) is 30.6. The molecule has 0 aromatic carbocycles. The lowest BCUT2D eigenvalue weighted by Crippen LogP contribution is -2.52. The third kappa shape index (κ3) is 10.8. The van der Waals surface area contributed by atoms with Crippen LogP contribution in [0.15, 0.2) is 12.7 Å². The van der Waals surface area contributed by atoms with Crippen molar-refractivity contribution in [2.24, 2.45) is 59.2 Å². The van der Waals surface area contributed by atoms with E-state index in [0.717, 1.165) is 38.5 Å². The highest BCUT2D eigenvalue weighted by atomic mass is 16.5. The maximum absolute atomic E-state index is 13.7. The van der Waals surface area contributed by atoms with Gasteiger partial charge in [-0.1, -0.05) is 47.1 Å². The average molecular weight is 841 g/mol. The summed E-state index contributed by atoms with van der Waals surface area (Å²) in [6.07, 6.45) is 15.0. The molecular formula is C55H60N4O4. The molecule has 63 heavy (non-hydrogen) atoms. The Bertz CT molecular complexity index is 2350. The van der Waals surface area contributed by atoms with Gasteiger partial charge < -0.3 is 35.8 Å². The first kappa shape index (κ1) is 46.9. The van der Waals surface area contributed by atoms with E-state index in [-0.39, 0.29) is 53.8 Å². The second-order valence-corrected chi connectivity index (χ2v) is 18.1. The Morgan fingerprint density at radius 2 is 1.14 bits per heavy atom. The van der Waals surface area contributed by atoms with Crippen LogP contribution in [-0.2, 0) is 14.3 Å². The zero-order chi connectivity index (χ0) is 44.9.